The van der Waals surface area contributed by atoms with Crippen LogP contribution in [0.1, 0.15) is 22.2 Å². The number of aryl methyl sites for hydroxylation is 1. The quantitative estimate of drug-likeness (QED) is 0.678. The molecular formula is C13H13ClS. The van der Waals surface area contributed by atoms with Crippen molar-refractivity contribution < 1.29 is 0 Å². The van der Waals surface area contributed by atoms with E-state index in [2.05, 4.69) is 41.8 Å². The minimum absolute atomic E-state index is 0.158. The fraction of sp³-hybridized carbons (Fsp3) is 0.231. The highest BCUT2D eigenvalue weighted by molar-refractivity contribution is 7.10. The van der Waals surface area contributed by atoms with Gasteiger partial charge in [0.25, 0.3) is 0 Å². The first-order chi connectivity index (χ1) is 7.36. The third kappa shape index (κ3) is 3.08. The second-order valence-corrected chi connectivity index (χ2v) is 5.01. The Labute approximate surface area is 99.5 Å². The molecule has 0 amide bonds. The van der Waals surface area contributed by atoms with Gasteiger partial charge < -0.3 is 0 Å². The molecule has 78 valence electrons. The number of hydrogen-bond donors (Lipinski definition) is 0. The molecule has 0 aliphatic rings. The third-order valence-corrected chi connectivity index (χ3v) is 3.95. The number of rotatable bonds is 4. The van der Waals surface area contributed by atoms with Crippen molar-refractivity contribution >= 4 is 22.9 Å². The van der Waals surface area contributed by atoms with Crippen LogP contribution in [0, 0.1) is 0 Å². The summed E-state index contributed by atoms with van der Waals surface area (Å²) in [6, 6.07) is 14.6. The topological polar surface area (TPSA) is 0 Å². The Hall–Kier alpha value is -0.790. The highest BCUT2D eigenvalue weighted by atomic mass is 35.5. The first-order valence-corrected chi connectivity index (χ1v) is 6.39. The van der Waals surface area contributed by atoms with E-state index >= 15 is 0 Å². The number of halogens is 1. The predicted molar refractivity (Wildman–Crippen MR) is 67.7 cm³/mol. The van der Waals surface area contributed by atoms with E-state index in [1.165, 1.54) is 10.4 Å². The summed E-state index contributed by atoms with van der Waals surface area (Å²) in [5.41, 5.74) is 1.36. The van der Waals surface area contributed by atoms with Crippen LogP contribution in [-0.2, 0) is 6.42 Å². The molecule has 1 heterocycles. The van der Waals surface area contributed by atoms with Gasteiger partial charge in [-0.05, 0) is 29.9 Å². The first kappa shape index (κ1) is 10.7. The Morgan fingerprint density at radius 1 is 1.07 bits per heavy atom. The molecule has 0 spiro atoms. The largest absolute Gasteiger partial charge is 0.147 e. The summed E-state index contributed by atoms with van der Waals surface area (Å²) in [7, 11) is 0. The Bertz CT molecular complexity index is 380. The van der Waals surface area contributed by atoms with Gasteiger partial charge in [0.15, 0.2) is 0 Å². The molecule has 0 saturated carbocycles. The molecule has 0 N–H and O–H groups in total. The molecule has 1 aromatic heterocycles. The number of thiophene rings is 1. The molecule has 2 heteroatoms. The van der Waals surface area contributed by atoms with Gasteiger partial charge in [-0.1, -0.05) is 36.4 Å². The van der Waals surface area contributed by atoms with Crippen LogP contribution >= 0.6 is 22.9 Å². The summed E-state index contributed by atoms with van der Waals surface area (Å²) in [6.07, 6.45) is 2.05. The normalized spacial score (nSPS) is 12.6. The lowest BCUT2D eigenvalue weighted by Crippen LogP contribution is -1.91. The summed E-state index contributed by atoms with van der Waals surface area (Å²) < 4.78 is 0. The van der Waals surface area contributed by atoms with E-state index in [1.54, 1.807) is 11.3 Å². The van der Waals surface area contributed by atoms with E-state index in [1.807, 2.05) is 6.07 Å². The average Bonchev–Trinajstić information content (AvgIpc) is 2.81. The maximum absolute atomic E-state index is 6.31. The summed E-state index contributed by atoms with van der Waals surface area (Å²) in [6.45, 7) is 0. The highest BCUT2D eigenvalue weighted by Gasteiger charge is 2.08. The second kappa shape index (κ2) is 5.34. The smallest absolute Gasteiger partial charge is 0.0681 e. The summed E-state index contributed by atoms with van der Waals surface area (Å²) >= 11 is 8.04. The highest BCUT2D eigenvalue weighted by Crippen LogP contribution is 2.29. The van der Waals surface area contributed by atoms with Gasteiger partial charge in [-0.15, -0.1) is 22.9 Å². The van der Waals surface area contributed by atoms with Gasteiger partial charge in [-0.25, -0.2) is 0 Å². The summed E-state index contributed by atoms with van der Waals surface area (Å²) in [5.74, 6) is 0. The van der Waals surface area contributed by atoms with Crippen molar-refractivity contribution in [3.63, 3.8) is 0 Å². The molecule has 1 atom stereocenters. The van der Waals surface area contributed by atoms with Crippen molar-refractivity contribution in [2.75, 3.05) is 0 Å². The lowest BCUT2D eigenvalue weighted by molar-refractivity contribution is 0.804. The van der Waals surface area contributed by atoms with E-state index in [0.29, 0.717) is 0 Å². The van der Waals surface area contributed by atoms with Crippen molar-refractivity contribution in [3.8, 4) is 0 Å². The van der Waals surface area contributed by atoms with E-state index in [9.17, 15) is 0 Å². The average molecular weight is 237 g/mol. The minimum atomic E-state index is 0.158. The van der Waals surface area contributed by atoms with Gasteiger partial charge in [-0.3, -0.25) is 0 Å². The molecule has 0 bridgehead atoms. The molecule has 1 aromatic carbocycles. The van der Waals surface area contributed by atoms with Gasteiger partial charge in [0.2, 0.25) is 0 Å². The van der Waals surface area contributed by atoms with Crippen molar-refractivity contribution in [2.24, 2.45) is 0 Å². The zero-order chi connectivity index (χ0) is 10.5. The molecule has 1 unspecified atom stereocenters. The van der Waals surface area contributed by atoms with Crippen molar-refractivity contribution in [1.29, 1.82) is 0 Å². The van der Waals surface area contributed by atoms with Crippen LogP contribution in [0.3, 0.4) is 0 Å². The van der Waals surface area contributed by atoms with Crippen LogP contribution in [-0.4, -0.2) is 0 Å². The maximum atomic E-state index is 6.31. The van der Waals surface area contributed by atoms with Crippen molar-refractivity contribution in [2.45, 2.75) is 18.2 Å². The Morgan fingerprint density at radius 2 is 1.87 bits per heavy atom. The predicted octanol–water partition coefficient (Wildman–Crippen LogP) is 4.66. The minimum Gasteiger partial charge on any atom is -0.147 e. The molecule has 0 aliphatic carbocycles. The van der Waals surface area contributed by atoms with Crippen LogP contribution in [0.25, 0.3) is 0 Å². The van der Waals surface area contributed by atoms with Gasteiger partial charge >= 0.3 is 0 Å². The van der Waals surface area contributed by atoms with Gasteiger partial charge in [-0.2, -0.15) is 0 Å². The molecule has 0 aliphatic heterocycles. The molecule has 2 aromatic rings. The number of alkyl halides is 1. The van der Waals surface area contributed by atoms with E-state index in [4.69, 9.17) is 11.6 Å². The third-order valence-electron chi connectivity index (χ3n) is 2.38. The fourth-order valence-electron chi connectivity index (χ4n) is 1.55. The zero-order valence-corrected chi connectivity index (χ0v) is 9.97. The maximum Gasteiger partial charge on any atom is 0.0681 e. The van der Waals surface area contributed by atoms with Crippen LogP contribution in [0.4, 0.5) is 0 Å². The molecule has 0 radical (unpaired) electrons. The number of benzene rings is 1. The Balaban J connectivity index is 1.89. The van der Waals surface area contributed by atoms with Crippen LogP contribution in [0.5, 0.6) is 0 Å². The molecule has 0 saturated heterocycles. The lowest BCUT2D eigenvalue weighted by Gasteiger charge is -2.06. The lowest BCUT2D eigenvalue weighted by atomic mass is 10.1. The van der Waals surface area contributed by atoms with E-state index in [0.717, 1.165) is 12.8 Å². The van der Waals surface area contributed by atoms with Crippen LogP contribution in [0.2, 0.25) is 0 Å². The van der Waals surface area contributed by atoms with E-state index in [-0.39, 0.29) is 5.38 Å². The molecule has 2 rings (SSSR count). The Morgan fingerprint density at radius 3 is 2.53 bits per heavy atom. The van der Waals surface area contributed by atoms with Crippen LogP contribution < -0.4 is 0 Å². The Kier molecular flexibility index (Phi) is 3.81. The first-order valence-electron chi connectivity index (χ1n) is 5.07. The van der Waals surface area contributed by atoms with E-state index < -0.39 is 0 Å². The molecule has 0 nitrogen and oxygen atoms in total. The molecule has 15 heavy (non-hydrogen) atoms. The standard InChI is InChI=1S/C13H13ClS/c14-12(13-7-4-10-15-13)9-8-11-5-2-1-3-6-11/h1-7,10,12H,8-9H2. The zero-order valence-electron chi connectivity index (χ0n) is 8.40. The summed E-state index contributed by atoms with van der Waals surface area (Å²) in [5, 5.41) is 2.23. The molecule has 0 fully saturated rings. The van der Waals surface area contributed by atoms with Crippen molar-refractivity contribution in [3.05, 3.63) is 58.3 Å². The monoisotopic (exact) mass is 236 g/mol. The van der Waals surface area contributed by atoms with Crippen LogP contribution in [0.15, 0.2) is 47.8 Å². The van der Waals surface area contributed by atoms with Crippen molar-refractivity contribution in [1.82, 2.24) is 0 Å². The summed E-state index contributed by atoms with van der Waals surface area (Å²) in [4.78, 5) is 1.27. The van der Waals surface area contributed by atoms with Gasteiger partial charge in [0.05, 0.1) is 5.38 Å². The second-order valence-electron chi connectivity index (χ2n) is 3.51. The van der Waals surface area contributed by atoms with Gasteiger partial charge in [0, 0.05) is 4.88 Å². The number of hydrogen-bond acceptors (Lipinski definition) is 1. The fourth-order valence-corrected chi connectivity index (χ4v) is 2.62. The SMILES string of the molecule is ClC(CCc1ccccc1)c1cccs1. The van der Waals surface area contributed by atoms with Gasteiger partial charge in [0.1, 0.15) is 0 Å². The molecular weight excluding hydrogens is 224 g/mol.